The number of hydrogen-bond donors (Lipinski definition) is 2. The molecule has 1 saturated carbocycles. The van der Waals surface area contributed by atoms with Crippen LogP contribution in [0.1, 0.15) is 25.3 Å². The van der Waals surface area contributed by atoms with Gasteiger partial charge in [0, 0.05) is 18.7 Å². The van der Waals surface area contributed by atoms with Crippen LogP contribution in [0.2, 0.25) is 0 Å². The van der Waals surface area contributed by atoms with Gasteiger partial charge in [0.05, 0.1) is 0 Å². The highest BCUT2D eigenvalue weighted by atomic mass is 35.5. The van der Waals surface area contributed by atoms with Crippen molar-refractivity contribution in [2.24, 2.45) is 11.8 Å². The minimum Gasteiger partial charge on any atom is -0.399 e. The van der Waals surface area contributed by atoms with Crippen molar-refractivity contribution in [3.63, 3.8) is 0 Å². The van der Waals surface area contributed by atoms with Crippen LogP contribution in [0.3, 0.4) is 0 Å². The van der Waals surface area contributed by atoms with E-state index in [1.807, 2.05) is 24.3 Å². The third kappa shape index (κ3) is 4.22. The lowest BCUT2D eigenvalue weighted by Gasteiger charge is -2.06. The van der Waals surface area contributed by atoms with Gasteiger partial charge in [0.25, 0.3) is 0 Å². The first-order valence-electron chi connectivity index (χ1n) is 6.27. The number of halogens is 1. The summed E-state index contributed by atoms with van der Waals surface area (Å²) >= 11 is 0. The lowest BCUT2D eigenvalue weighted by Crippen LogP contribution is -2.26. The van der Waals surface area contributed by atoms with Crippen molar-refractivity contribution in [1.29, 1.82) is 0 Å². The number of para-hydroxylation sites is 1. The summed E-state index contributed by atoms with van der Waals surface area (Å²) in [5.74, 6) is 1.63. The number of rotatable bonds is 5. The molecule has 0 saturated heterocycles. The number of nitrogens with one attached hydrogen (secondary N) is 1. The first-order chi connectivity index (χ1) is 8.16. The third-order valence-corrected chi connectivity index (χ3v) is 3.51. The van der Waals surface area contributed by atoms with Crippen molar-refractivity contribution >= 4 is 24.0 Å². The number of hydrogen-bond acceptors (Lipinski definition) is 2. The number of carbonyl (C=O) groups is 1. The molecule has 0 bridgehead atoms. The van der Waals surface area contributed by atoms with Gasteiger partial charge in [0.15, 0.2) is 0 Å². The van der Waals surface area contributed by atoms with E-state index in [1.165, 1.54) is 6.42 Å². The van der Waals surface area contributed by atoms with E-state index in [1.54, 1.807) is 0 Å². The minimum atomic E-state index is 0. The van der Waals surface area contributed by atoms with Crippen LogP contribution in [0.15, 0.2) is 24.3 Å². The van der Waals surface area contributed by atoms with Crippen molar-refractivity contribution in [3.8, 4) is 0 Å². The Morgan fingerprint density at radius 3 is 2.72 bits per heavy atom. The maximum Gasteiger partial charge on any atom is 0.220 e. The number of anilines is 1. The molecule has 3 N–H and O–H groups in total. The van der Waals surface area contributed by atoms with Gasteiger partial charge >= 0.3 is 0 Å². The molecule has 1 amide bonds. The van der Waals surface area contributed by atoms with E-state index < -0.39 is 0 Å². The van der Waals surface area contributed by atoms with Gasteiger partial charge in [-0.1, -0.05) is 25.1 Å². The van der Waals surface area contributed by atoms with Gasteiger partial charge in [-0.25, -0.2) is 0 Å². The Kier molecular flexibility index (Phi) is 5.48. The van der Waals surface area contributed by atoms with Gasteiger partial charge in [-0.2, -0.15) is 0 Å². The van der Waals surface area contributed by atoms with Crippen molar-refractivity contribution in [3.05, 3.63) is 29.8 Å². The van der Waals surface area contributed by atoms with Crippen molar-refractivity contribution < 1.29 is 4.79 Å². The standard InChI is InChI=1S/C14H20N2O.ClH/c1-10-8-12(10)9-16-14(17)7-6-11-4-2-3-5-13(11)15;/h2-5,10,12H,6-9,15H2,1H3,(H,16,17);1H. The second kappa shape index (κ2) is 6.64. The normalized spacial score (nSPS) is 20.9. The second-order valence-electron chi connectivity index (χ2n) is 4.98. The van der Waals surface area contributed by atoms with E-state index >= 15 is 0 Å². The summed E-state index contributed by atoms with van der Waals surface area (Å²) in [7, 11) is 0. The molecule has 3 nitrogen and oxygen atoms in total. The van der Waals surface area contributed by atoms with Crippen LogP contribution in [-0.4, -0.2) is 12.5 Å². The summed E-state index contributed by atoms with van der Waals surface area (Å²) < 4.78 is 0. The van der Waals surface area contributed by atoms with Gasteiger partial charge in [-0.05, 0) is 36.3 Å². The quantitative estimate of drug-likeness (QED) is 0.806. The molecule has 0 radical (unpaired) electrons. The highest BCUT2D eigenvalue weighted by molar-refractivity contribution is 5.85. The molecule has 0 spiro atoms. The first-order valence-corrected chi connectivity index (χ1v) is 6.27. The summed E-state index contributed by atoms with van der Waals surface area (Å²) in [6.45, 7) is 3.06. The predicted octanol–water partition coefficient (Wildman–Crippen LogP) is 2.40. The van der Waals surface area contributed by atoms with Crippen LogP contribution in [0.4, 0.5) is 5.69 Å². The van der Waals surface area contributed by atoms with Gasteiger partial charge in [-0.3, -0.25) is 4.79 Å². The molecule has 2 unspecified atom stereocenters. The van der Waals surface area contributed by atoms with Crippen molar-refractivity contribution in [2.75, 3.05) is 12.3 Å². The molecule has 4 heteroatoms. The molecule has 0 heterocycles. The highest BCUT2D eigenvalue weighted by Gasteiger charge is 2.32. The largest absolute Gasteiger partial charge is 0.399 e. The maximum absolute atomic E-state index is 11.6. The SMILES string of the molecule is CC1CC1CNC(=O)CCc1ccccc1N.Cl. The molecular weight excluding hydrogens is 248 g/mol. The zero-order valence-corrected chi connectivity index (χ0v) is 11.5. The topological polar surface area (TPSA) is 55.1 Å². The summed E-state index contributed by atoms with van der Waals surface area (Å²) in [6, 6.07) is 7.72. The molecule has 100 valence electrons. The van der Waals surface area contributed by atoms with Gasteiger partial charge < -0.3 is 11.1 Å². The maximum atomic E-state index is 11.6. The molecule has 1 fully saturated rings. The lowest BCUT2D eigenvalue weighted by molar-refractivity contribution is -0.121. The Bertz CT molecular complexity index is 409. The molecule has 0 aromatic heterocycles. The summed E-state index contributed by atoms with van der Waals surface area (Å²) in [6.07, 6.45) is 2.50. The van der Waals surface area contributed by atoms with Crippen LogP contribution in [-0.2, 0) is 11.2 Å². The van der Waals surface area contributed by atoms with Crippen LogP contribution in [0.5, 0.6) is 0 Å². The van der Waals surface area contributed by atoms with Crippen LogP contribution >= 0.6 is 12.4 Å². The van der Waals surface area contributed by atoms with E-state index in [9.17, 15) is 4.79 Å². The van der Waals surface area contributed by atoms with Crippen molar-refractivity contribution in [2.45, 2.75) is 26.2 Å². The van der Waals surface area contributed by atoms with E-state index in [0.29, 0.717) is 12.3 Å². The van der Waals surface area contributed by atoms with E-state index in [2.05, 4.69) is 12.2 Å². The number of carbonyl (C=O) groups excluding carboxylic acids is 1. The van der Waals surface area contributed by atoms with Crippen LogP contribution in [0, 0.1) is 11.8 Å². The molecule has 1 aromatic carbocycles. The van der Waals surface area contributed by atoms with Gasteiger partial charge in [-0.15, -0.1) is 12.4 Å². The fraction of sp³-hybridized carbons (Fsp3) is 0.500. The fourth-order valence-corrected chi connectivity index (χ4v) is 2.03. The molecule has 1 aliphatic carbocycles. The first kappa shape index (κ1) is 14.8. The van der Waals surface area contributed by atoms with E-state index in [4.69, 9.17) is 5.73 Å². The molecule has 1 aliphatic rings. The Morgan fingerprint density at radius 2 is 2.11 bits per heavy atom. The molecule has 2 rings (SSSR count). The number of amides is 1. The molecule has 18 heavy (non-hydrogen) atoms. The Hall–Kier alpha value is -1.22. The van der Waals surface area contributed by atoms with E-state index in [0.717, 1.165) is 30.1 Å². The smallest absolute Gasteiger partial charge is 0.220 e. The van der Waals surface area contributed by atoms with Gasteiger partial charge in [0.1, 0.15) is 0 Å². The molecule has 1 aromatic rings. The zero-order chi connectivity index (χ0) is 12.3. The average Bonchev–Trinajstić information content (AvgIpc) is 3.02. The lowest BCUT2D eigenvalue weighted by atomic mass is 10.1. The minimum absolute atomic E-state index is 0. The number of nitrogens with two attached hydrogens (primary N) is 1. The average molecular weight is 269 g/mol. The zero-order valence-electron chi connectivity index (χ0n) is 10.7. The van der Waals surface area contributed by atoms with E-state index in [-0.39, 0.29) is 18.3 Å². The van der Waals surface area contributed by atoms with Crippen LogP contribution in [0.25, 0.3) is 0 Å². The van der Waals surface area contributed by atoms with Gasteiger partial charge in [0.2, 0.25) is 5.91 Å². The summed E-state index contributed by atoms with van der Waals surface area (Å²) in [5.41, 5.74) is 7.66. The molecular formula is C14H21ClN2O. The van der Waals surface area contributed by atoms with Crippen molar-refractivity contribution in [1.82, 2.24) is 5.32 Å². The number of benzene rings is 1. The molecule has 2 atom stereocenters. The fourth-order valence-electron chi connectivity index (χ4n) is 2.03. The van der Waals surface area contributed by atoms with Crippen LogP contribution < -0.4 is 11.1 Å². The Labute approximate surface area is 115 Å². The second-order valence-corrected chi connectivity index (χ2v) is 4.98. The number of aryl methyl sites for hydroxylation is 1. The monoisotopic (exact) mass is 268 g/mol. The Balaban J connectivity index is 0.00000162. The predicted molar refractivity (Wildman–Crippen MR) is 76.7 cm³/mol. The molecule has 0 aliphatic heterocycles. The summed E-state index contributed by atoms with van der Waals surface area (Å²) in [5, 5.41) is 2.98. The summed E-state index contributed by atoms with van der Waals surface area (Å²) in [4.78, 5) is 11.6. The number of nitrogen functional groups attached to an aromatic ring is 1. The Morgan fingerprint density at radius 1 is 1.44 bits per heavy atom. The third-order valence-electron chi connectivity index (χ3n) is 3.51. The highest BCUT2D eigenvalue weighted by Crippen LogP contribution is 2.36.